The number of nitrogens with zero attached hydrogens (tertiary/aromatic N) is 2. The summed E-state index contributed by atoms with van der Waals surface area (Å²) < 4.78 is 0.776. The van der Waals surface area contributed by atoms with Crippen molar-refractivity contribution in [1.82, 2.24) is 0 Å². The zero-order valence-electron chi connectivity index (χ0n) is 13.4. The van der Waals surface area contributed by atoms with Crippen LogP contribution in [0.3, 0.4) is 0 Å². The molecule has 0 unspecified atom stereocenters. The summed E-state index contributed by atoms with van der Waals surface area (Å²) in [6.07, 6.45) is 1.27. The van der Waals surface area contributed by atoms with Crippen molar-refractivity contribution in [3.63, 3.8) is 0 Å². The van der Waals surface area contributed by atoms with Crippen molar-refractivity contribution in [2.45, 2.75) is 6.92 Å². The fourth-order valence-corrected chi connectivity index (χ4v) is 2.46. The van der Waals surface area contributed by atoms with E-state index in [1.54, 1.807) is 30.3 Å². The Labute approximate surface area is 153 Å². The number of nitriles is 1. The van der Waals surface area contributed by atoms with E-state index in [4.69, 9.17) is 5.73 Å². The highest BCUT2D eigenvalue weighted by Gasteiger charge is 2.23. The minimum absolute atomic E-state index is 0.206. The van der Waals surface area contributed by atoms with E-state index in [9.17, 15) is 14.9 Å². The largest absolute Gasteiger partial charge is 0.399 e. The molecule has 0 aliphatic carbocycles. The first kappa shape index (κ1) is 18.2. The van der Waals surface area contributed by atoms with E-state index in [1.165, 1.54) is 13.1 Å². The van der Waals surface area contributed by atoms with Crippen LogP contribution in [0.15, 0.2) is 64.8 Å². The number of rotatable bonds is 4. The molecule has 25 heavy (non-hydrogen) atoms. The average molecular weight is 399 g/mol. The lowest BCUT2D eigenvalue weighted by atomic mass is 10.2. The van der Waals surface area contributed by atoms with Crippen LogP contribution in [0, 0.1) is 11.3 Å². The number of imide groups is 1. The van der Waals surface area contributed by atoms with Crippen LogP contribution in [0.25, 0.3) is 0 Å². The number of hydrogen-bond acceptors (Lipinski definition) is 5. The monoisotopic (exact) mass is 398 g/mol. The van der Waals surface area contributed by atoms with Crippen molar-refractivity contribution in [1.29, 1.82) is 5.26 Å². The summed E-state index contributed by atoms with van der Waals surface area (Å²) in [5.74, 6) is -1.23. The number of carbonyl (C=O) groups excluding carboxylic acids is 2. The molecule has 0 saturated carbocycles. The number of halogens is 1. The van der Waals surface area contributed by atoms with Gasteiger partial charge in [-0.15, -0.1) is 0 Å². The van der Waals surface area contributed by atoms with Gasteiger partial charge in [0.15, 0.2) is 0 Å². The molecule has 0 radical (unpaired) electrons. The molecule has 6 nitrogen and oxygen atoms in total. The number of amides is 2. The van der Waals surface area contributed by atoms with Gasteiger partial charge in [0.2, 0.25) is 5.91 Å². The van der Waals surface area contributed by atoms with Gasteiger partial charge in [0, 0.05) is 23.3 Å². The average Bonchev–Trinajstić information content (AvgIpc) is 2.58. The van der Waals surface area contributed by atoms with Crippen LogP contribution in [0.1, 0.15) is 6.92 Å². The predicted octanol–water partition coefficient (Wildman–Crippen LogP) is 3.43. The third-order valence-corrected chi connectivity index (χ3v) is 3.96. The van der Waals surface area contributed by atoms with E-state index in [2.05, 4.69) is 21.2 Å². The maximum absolute atomic E-state index is 12.6. The van der Waals surface area contributed by atoms with Crippen LogP contribution in [0.2, 0.25) is 0 Å². The summed E-state index contributed by atoms with van der Waals surface area (Å²) >= 11 is 3.37. The molecule has 2 rings (SSSR count). The van der Waals surface area contributed by atoms with Crippen molar-refractivity contribution in [2.24, 2.45) is 0 Å². The number of nitrogen functional groups attached to an aromatic ring is 1. The Morgan fingerprint density at radius 1 is 1.20 bits per heavy atom. The molecular weight excluding hydrogens is 384 g/mol. The lowest BCUT2D eigenvalue weighted by Crippen LogP contribution is -2.36. The maximum Gasteiger partial charge on any atom is 0.277 e. The van der Waals surface area contributed by atoms with Crippen molar-refractivity contribution < 1.29 is 9.59 Å². The first-order valence-corrected chi connectivity index (χ1v) is 8.05. The van der Waals surface area contributed by atoms with Crippen LogP contribution in [0.4, 0.5) is 17.1 Å². The van der Waals surface area contributed by atoms with Crippen LogP contribution in [-0.4, -0.2) is 11.8 Å². The number of nitrogens with two attached hydrogens (primary N) is 1. The van der Waals surface area contributed by atoms with Gasteiger partial charge in [0.25, 0.3) is 5.91 Å². The van der Waals surface area contributed by atoms with Crippen molar-refractivity contribution in [3.8, 4) is 6.07 Å². The molecule has 3 N–H and O–H groups in total. The molecule has 2 amide bonds. The number of hydrogen-bond donors (Lipinski definition) is 2. The lowest BCUT2D eigenvalue weighted by molar-refractivity contribution is -0.123. The Kier molecular flexibility index (Phi) is 5.93. The molecule has 0 bridgehead atoms. The quantitative estimate of drug-likeness (QED) is 0.466. The van der Waals surface area contributed by atoms with E-state index in [1.807, 2.05) is 24.3 Å². The summed E-state index contributed by atoms with van der Waals surface area (Å²) in [7, 11) is 0. The minimum Gasteiger partial charge on any atom is -0.399 e. The first-order chi connectivity index (χ1) is 11.9. The molecular formula is C18H15BrN4O2. The van der Waals surface area contributed by atoms with Gasteiger partial charge < -0.3 is 11.1 Å². The fraction of sp³-hybridized carbons (Fsp3) is 0.0556. The van der Waals surface area contributed by atoms with Crippen molar-refractivity contribution in [2.75, 3.05) is 16.0 Å². The highest BCUT2D eigenvalue weighted by molar-refractivity contribution is 9.10. The van der Waals surface area contributed by atoms with Gasteiger partial charge in [-0.3, -0.25) is 9.59 Å². The molecule has 0 heterocycles. The van der Waals surface area contributed by atoms with E-state index in [0.717, 1.165) is 9.37 Å². The van der Waals surface area contributed by atoms with Crippen molar-refractivity contribution in [3.05, 3.63) is 64.8 Å². The highest BCUT2D eigenvalue weighted by atomic mass is 79.9. The van der Waals surface area contributed by atoms with Crippen LogP contribution in [0.5, 0.6) is 0 Å². The number of anilines is 3. The molecule has 0 aromatic heterocycles. The smallest absolute Gasteiger partial charge is 0.277 e. The van der Waals surface area contributed by atoms with Gasteiger partial charge >= 0.3 is 0 Å². The first-order valence-electron chi connectivity index (χ1n) is 7.26. The Balaban J connectivity index is 2.31. The zero-order chi connectivity index (χ0) is 18.4. The minimum atomic E-state index is -0.723. The predicted molar refractivity (Wildman–Crippen MR) is 100 cm³/mol. The third kappa shape index (κ3) is 4.46. The molecule has 0 saturated heterocycles. The second kappa shape index (κ2) is 8.13. The molecule has 2 aromatic carbocycles. The number of carbonyl (C=O) groups is 2. The van der Waals surface area contributed by atoms with E-state index in [-0.39, 0.29) is 5.57 Å². The fourth-order valence-electron chi connectivity index (χ4n) is 2.06. The molecule has 126 valence electrons. The number of nitrogens with one attached hydrogen (secondary N) is 1. The molecule has 2 aromatic rings. The van der Waals surface area contributed by atoms with Crippen molar-refractivity contribution >= 4 is 44.8 Å². The summed E-state index contributed by atoms with van der Waals surface area (Å²) in [6.45, 7) is 1.25. The Morgan fingerprint density at radius 2 is 1.84 bits per heavy atom. The standard InChI is InChI=1S/C18H15BrN4O2/c1-12(24)23(15-8-6-14(21)7-9-15)18(25)13(10-20)11-22-17-5-3-2-4-16(17)19/h2-9,11,22H,21H2,1H3/b13-11-. The molecule has 0 aliphatic rings. The second-order valence-corrected chi connectivity index (χ2v) is 5.90. The Bertz CT molecular complexity index is 869. The van der Waals surface area contributed by atoms with E-state index in [0.29, 0.717) is 17.1 Å². The molecule has 0 spiro atoms. The number of para-hydroxylation sites is 1. The van der Waals surface area contributed by atoms with Gasteiger partial charge in [0.05, 0.1) is 11.4 Å². The molecule has 0 atom stereocenters. The summed E-state index contributed by atoms with van der Waals surface area (Å²) in [6, 6.07) is 15.3. The SMILES string of the molecule is CC(=O)N(C(=O)/C(C#N)=C\Nc1ccccc1Br)c1ccc(N)cc1. The third-order valence-electron chi connectivity index (χ3n) is 3.27. The lowest BCUT2D eigenvalue weighted by Gasteiger charge is -2.19. The van der Waals surface area contributed by atoms with Gasteiger partial charge in [0.1, 0.15) is 11.6 Å². The van der Waals surface area contributed by atoms with Gasteiger partial charge in [-0.1, -0.05) is 12.1 Å². The van der Waals surface area contributed by atoms with Gasteiger partial charge in [-0.25, -0.2) is 4.90 Å². The molecule has 0 fully saturated rings. The van der Waals surface area contributed by atoms with Gasteiger partial charge in [-0.05, 0) is 52.3 Å². The number of benzene rings is 2. The maximum atomic E-state index is 12.6. The van der Waals surface area contributed by atoms with Gasteiger partial charge in [-0.2, -0.15) is 5.26 Å². The zero-order valence-corrected chi connectivity index (χ0v) is 14.9. The topological polar surface area (TPSA) is 99.2 Å². The normalized spacial score (nSPS) is 10.7. The highest BCUT2D eigenvalue weighted by Crippen LogP contribution is 2.22. The molecule has 7 heteroatoms. The van der Waals surface area contributed by atoms with E-state index < -0.39 is 11.8 Å². The summed E-state index contributed by atoms with van der Waals surface area (Å²) in [5, 5.41) is 12.2. The Morgan fingerprint density at radius 3 is 2.40 bits per heavy atom. The van der Waals surface area contributed by atoms with Crippen LogP contribution < -0.4 is 16.0 Å². The molecule has 0 aliphatic heterocycles. The summed E-state index contributed by atoms with van der Waals surface area (Å²) in [4.78, 5) is 25.5. The summed E-state index contributed by atoms with van der Waals surface area (Å²) in [5.41, 5.74) is 6.95. The van der Waals surface area contributed by atoms with E-state index >= 15 is 0 Å². The Hall–Kier alpha value is -3.11. The second-order valence-electron chi connectivity index (χ2n) is 5.05. The van der Waals surface area contributed by atoms with Crippen LogP contribution in [-0.2, 0) is 9.59 Å². The van der Waals surface area contributed by atoms with Crippen LogP contribution >= 0.6 is 15.9 Å².